The number of methoxy groups -OCH3 is 2. The maximum absolute atomic E-state index is 5.51. The molecule has 1 aliphatic rings. The van der Waals surface area contributed by atoms with Gasteiger partial charge in [-0.3, -0.25) is 4.98 Å². The number of aromatic nitrogens is 1. The highest BCUT2D eigenvalue weighted by atomic mass is 32.1. The van der Waals surface area contributed by atoms with Crippen molar-refractivity contribution in [2.75, 3.05) is 14.2 Å². The van der Waals surface area contributed by atoms with Crippen LogP contribution >= 0.6 is 11.3 Å². The van der Waals surface area contributed by atoms with Crippen LogP contribution in [0.25, 0.3) is 0 Å². The van der Waals surface area contributed by atoms with E-state index >= 15 is 0 Å². The molecule has 1 fully saturated rings. The van der Waals surface area contributed by atoms with Gasteiger partial charge in [0.05, 0.1) is 17.7 Å². The van der Waals surface area contributed by atoms with Crippen molar-refractivity contribution in [2.24, 2.45) is 5.92 Å². The van der Waals surface area contributed by atoms with Gasteiger partial charge in [0.15, 0.2) is 0 Å². The molecule has 1 heterocycles. The lowest BCUT2D eigenvalue weighted by atomic mass is 9.83. The van der Waals surface area contributed by atoms with Crippen LogP contribution in [0, 0.1) is 5.92 Å². The third kappa shape index (κ3) is 2.81. The lowest BCUT2D eigenvalue weighted by Crippen LogP contribution is -2.37. The molecule has 0 spiro atoms. The standard InChI is InChI=1S/C12H19NO2S/c1-14-11-4-3-9(6-12(11)15-2)5-10-7-13-8-16-10/h7-9,11-12H,3-6H2,1-2H3. The fourth-order valence-electron chi connectivity index (χ4n) is 2.51. The third-order valence-corrected chi connectivity index (χ3v) is 4.22. The van der Waals surface area contributed by atoms with E-state index in [0.717, 1.165) is 25.2 Å². The average Bonchev–Trinajstić information content (AvgIpc) is 2.81. The number of rotatable bonds is 4. The first kappa shape index (κ1) is 12.0. The summed E-state index contributed by atoms with van der Waals surface area (Å²) in [7, 11) is 3.56. The molecule has 0 N–H and O–H groups in total. The summed E-state index contributed by atoms with van der Waals surface area (Å²) in [4.78, 5) is 5.51. The predicted molar refractivity (Wildman–Crippen MR) is 64.8 cm³/mol. The van der Waals surface area contributed by atoms with E-state index in [-0.39, 0.29) is 12.2 Å². The Morgan fingerprint density at radius 3 is 2.75 bits per heavy atom. The van der Waals surface area contributed by atoms with Crippen LogP contribution in [0.15, 0.2) is 11.7 Å². The maximum Gasteiger partial charge on any atom is 0.0835 e. The highest BCUT2D eigenvalue weighted by Gasteiger charge is 2.30. The SMILES string of the molecule is COC1CCC(Cc2cncs2)CC1OC. The number of hydrogen-bond acceptors (Lipinski definition) is 4. The maximum atomic E-state index is 5.51. The minimum atomic E-state index is 0.261. The summed E-state index contributed by atoms with van der Waals surface area (Å²) in [6.07, 6.45) is 7.11. The molecule has 1 aliphatic carbocycles. The smallest absolute Gasteiger partial charge is 0.0835 e. The molecule has 3 atom stereocenters. The summed E-state index contributed by atoms with van der Waals surface area (Å²) < 4.78 is 11.0. The second-order valence-electron chi connectivity index (χ2n) is 4.40. The largest absolute Gasteiger partial charge is 0.379 e. The normalized spacial score (nSPS) is 30.5. The van der Waals surface area contributed by atoms with Crippen LogP contribution < -0.4 is 0 Å². The summed E-state index contributed by atoms with van der Waals surface area (Å²) in [6, 6.07) is 0. The molecule has 16 heavy (non-hydrogen) atoms. The molecule has 4 heteroatoms. The molecule has 3 unspecified atom stereocenters. The van der Waals surface area contributed by atoms with Crippen molar-refractivity contribution in [3.63, 3.8) is 0 Å². The van der Waals surface area contributed by atoms with Crippen LogP contribution in [0.5, 0.6) is 0 Å². The van der Waals surface area contributed by atoms with Crippen molar-refractivity contribution in [2.45, 2.75) is 37.9 Å². The highest BCUT2D eigenvalue weighted by molar-refractivity contribution is 7.09. The van der Waals surface area contributed by atoms with Gasteiger partial charge in [-0.2, -0.15) is 0 Å². The fourth-order valence-corrected chi connectivity index (χ4v) is 3.23. The Morgan fingerprint density at radius 1 is 1.31 bits per heavy atom. The molecule has 1 saturated carbocycles. The van der Waals surface area contributed by atoms with Crippen molar-refractivity contribution < 1.29 is 9.47 Å². The van der Waals surface area contributed by atoms with Gasteiger partial charge in [0.1, 0.15) is 0 Å². The van der Waals surface area contributed by atoms with E-state index in [1.165, 1.54) is 11.3 Å². The molecule has 90 valence electrons. The van der Waals surface area contributed by atoms with Gasteiger partial charge in [0.2, 0.25) is 0 Å². The van der Waals surface area contributed by atoms with Gasteiger partial charge in [-0.25, -0.2) is 0 Å². The van der Waals surface area contributed by atoms with E-state index in [1.54, 1.807) is 25.6 Å². The zero-order valence-electron chi connectivity index (χ0n) is 9.89. The van der Waals surface area contributed by atoms with Crippen LogP contribution in [0.2, 0.25) is 0 Å². The van der Waals surface area contributed by atoms with Gasteiger partial charge in [-0.05, 0) is 31.6 Å². The molecule has 0 radical (unpaired) electrons. The molecular formula is C12H19NO2S. The summed E-state index contributed by atoms with van der Waals surface area (Å²) >= 11 is 1.75. The molecule has 1 aromatic heterocycles. The number of nitrogens with zero attached hydrogens (tertiary/aromatic N) is 1. The minimum Gasteiger partial charge on any atom is -0.379 e. The Hall–Kier alpha value is -0.450. The van der Waals surface area contributed by atoms with E-state index in [1.807, 2.05) is 11.7 Å². The van der Waals surface area contributed by atoms with Crippen LogP contribution in [0.3, 0.4) is 0 Å². The van der Waals surface area contributed by atoms with E-state index < -0.39 is 0 Å². The first-order chi connectivity index (χ1) is 7.83. The lowest BCUT2D eigenvalue weighted by molar-refractivity contribution is -0.0701. The van der Waals surface area contributed by atoms with Crippen LogP contribution in [-0.4, -0.2) is 31.4 Å². The predicted octanol–water partition coefficient (Wildman–Crippen LogP) is 2.52. The second-order valence-corrected chi connectivity index (χ2v) is 5.37. The van der Waals surface area contributed by atoms with Crippen LogP contribution in [-0.2, 0) is 15.9 Å². The van der Waals surface area contributed by atoms with Crippen molar-refractivity contribution >= 4 is 11.3 Å². The lowest BCUT2D eigenvalue weighted by Gasteiger charge is -2.34. The van der Waals surface area contributed by atoms with Crippen LogP contribution in [0.4, 0.5) is 0 Å². The summed E-state index contributed by atoms with van der Waals surface area (Å²) in [6.45, 7) is 0. The topological polar surface area (TPSA) is 31.4 Å². The van der Waals surface area contributed by atoms with Gasteiger partial charge in [0, 0.05) is 25.3 Å². The zero-order chi connectivity index (χ0) is 11.4. The highest BCUT2D eigenvalue weighted by Crippen LogP contribution is 2.31. The molecular weight excluding hydrogens is 222 g/mol. The molecule has 0 saturated heterocycles. The van der Waals surface area contributed by atoms with Crippen molar-refractivity contribution in [3.8, 4) is 0 Å². The number of thiazole rings is 1. The van der Waals surface area contributed by atoms with E-state index in [2.05, 4.69) is 4.98 Å². The van der Waals surface area contributed by atoms with Gasteiger partial charge < -0.3 is 9.47 Å². The minimum absolute atomic E-state index is 0.261. The second kappa shape index (κ2) is 5.75. The Morgan fingerprint density at radius 2 is 2.12 bits per heavy atom. The summed E-state index contributed by atoms with van der Waals surface area (Å²) in [5.41, 5.74) is 1.91. The number of ether oxygens (including phenoxy) is 2. The third-order valence-electron chi connectivity index (χ3n) is 3.42. The van der Waals surface area contributed by atoms with E-state index in [4.69, 9.17) is 9.47 Å². The Bertz CT molecular complexity index is 302. The average molecular weight is 241 g/mol. The van der Waals surface area contributed by atoms with Gasteiger partial charge in [0.25, 0.3) is 0 Å². The van der Waals surface area contributed by atoms with Gasteiger partial charge in [-0.15, -0.1) is 11.3 Å². The molecule has 2 rings (SSSR count). The first-order valence-corrected chi connectivity index (χ1v) is 6.64. The van der Waals surface area contributed by atoms with Gasteiger partial charge >= 0.3 is 0 Å². The molecule has 3 nitrogen and oxygen atoms in total. The first-order valence-electron chi connectivity index (χ1n) is 5.76. The Kier molecular flexibility index (Phi) is 4.32. The quantitative estimate of drug-likeness (QED) is 0.811. The monoisotopic (exact) mass is 241 g/mol. The molecule has 0 aromatic carbocycles. The van der Waals surface area contributed by atoms with Crippen molar-refractivity contribution in [3.05, 3.63) is 16.6 Å². The Labute approximate surface area is 101 Å². The van der Waals surface area contributed by atoms with Crippen molar-refractivity contribution in [1.82, 2.24) is 4.98 Å². The number of hydrogen-bond donors (Lipinski definition) is 0. The van der Waals surface area contributed by atoms with Crippen LogP contribution in [0.1, 0.15) is 24.1 Å². The van der Waals surface area contributed by atoms with Gasteiger partial charge in [-0.1, -0.05) is 0 Å². The molecule has 0 amide bonds. The molecule has 0 aliphatic heterocycles. The molecule has 0 bridgehead atoms. The van der Waals surface area contributed by atoms with Crippen molar-refractivity contribution in [1.29, 1.82) is 0 Å². The van der Waals surface area contributed by atoms with E-state index in [0.29, 0.717) is 0 Å². The zero-order valence-corrected chi connectivity index (χ0v) is 10.7. The summed E-state index contributed by atoms with van der Waals surface area (Å²) in [5.74, 6) is 0.719. The fraction of sp³-hybridized carbons (Fsp3) is 0.750. The molecule has 1 aromatic rings. The van der Waals surface area contributed by atoms with E-state index in [9.17, 15) is 0 Å². The Balaban J connectivity index is 1.89. The summed E-state index contributed by atoms with van der Waals surface area (Å²) in [5, 5.41) is 0.